The Morgan fingerprint density at radius 2 is 2.09 bits per heavy atom. The number of aliphatic hydroxyl groups excluding tert-OH is 1. The highest BCUT2D eigenvalue weighted by Crippen LogP contribution is 2.28. The van der Waals surface area contributed by atoms with Crippen LogP contribution in [0.4, 0.5) is 0 Å². The van der Waals surface area contributed by atoms with E-state index in [9.17, 15) is 0 Å². The van der Waals surface area contributed by atoms with E-state index < -0.39 is 0 Å². The van der Waals surface area contributed by atoms with Crippen molar-refractivity contribution in [2.75, 3.05) is 6.61 Å². The van der Waals surface area contributed by atoms with E-state index in [1.807, 2.05) is 18.2 Å². The van der Waals surface area contributed by atoms with E-state index >= 15 is 0 Å². The minimum atomic E-state index is 0.216. The number of hydrogen-bond acceptors (Lipinski definition) is 1. The van der Waals surface area contributed by atoms with E-state index in [1.165, 1.54) is 11.1 Å². The molecule has 11 heavy (non-hydrogen) atoms. The Balaban J connectivity index is 2.46. The predicted molar refractivity (Wildman–Crippen MR) is 45.3 cm³/mol. The first-order chi connectivity index (χ1) is 5.42. The van der Waals surface area contributed by atoms with Gasteiger partial charge in [0.2, 0.25) is 0 Å². The summed E-state index contributed by atoms with van der Waals surface area (Å²) in [6, 6.07) is 8.16. The van der Waals surface area contributed by atoms with Crippen molar-refractivity contribution in [1.29, 1.82) is 0 Å². The van der Waals surface area contributed by atoms with Crippen LogP contribution >= 0.6 is 0 Å². The van der Waals surface area contributed by atoms with Crippen LogP contribution in [0, 0.1) is 0 Å². The van der Waals surface area contributed by atoms with Gasteiger partial charge in [-0.1, -0.05) is 36.4 Å². The molecule has 0 heterocycles. The van der Waals surface area contributed by atoms with Crippen LogP contribution in [-0.4, -0.2) is 11.7 Å². The van der Waals surface area contributed by atoms with Gasteiger partial charge in [-0.15, -0.1) is 0 Å². The van der Waals surface area contributed by atoms with Crippen LogP contribution in [0.15, 0.2) is 30.3 Å². The molecule has 0 saturated heterocycles. The second kappa shape index (κ2) is 2.51. The van der Waals surface area contributed by atoms with Crippen molar-refractivity contribution >= 4 is 6.08 Å². The Morgan fingerprint density at radius 1 is 1.27 bits per heavy atom. The molecule has 0 saturated carbocycles. The van der Waals surface area contributed by atoms with E-state index in [1.54, 1.807) is 0 Å². The second-order valence-corrected chi connectivity index (χ2v) is 2.78. The van der Waals surface area contributed by atoms with Gasteiger partial charge >= 0.3 is 0 Å². The van der Waals surface area contributed by atoms with Crippen molar-refractivity contribution in [1.82, 2.24) is 0 Å². The van der Waals surface area contributed by atoms with Crippen molar-refractivity contribution in [3.8, 4) is 0 Å². The minimum absolute atomic E-state index is 0.216. The molecule has 1 aromatic carbocycles. The summed E-state index contributed by atoms with van der Waals surface area (Å²) >= 11 is 0. The summed E-state index contributed by atoms with van der Waals surface area (Å²) in [4.78, 5) is 0. The van der Waals surface area contributed by atoms with Gasteiger partial charge in [0.05, 0.1) is 6.61 Å². The number of hydrogen-bond donors (Lipinski definition) is 1. The molecule has 0 unspecified atom stereocenters. The quantitative estimate of drug-likeness (QED) is 0.640. The third kappa shape index (κ3) is 0.976. The Hall–Kier alpha value is -1.08. The van der Waals surface area contributed by atoms with Gasteiger partial charge in [-0.3, -0.25) is 0 Å². The molecule has 0 bridgehead atoms. The molecule has 0 fully saturated rings. The van der Waals surface area contributed by atoms with Crippen molar-refractivity contribution in [2.24, 2.45) is 0 Å². The van der Waals surface area contributed by atoms with Gasteiger partial charge < -0.3 is 5.11 Å². The Morgan fingerprint density at radius 3 is 2.91 bits per heavy atom. The number of aliphatic hydroxyl groups is 1. The van der Waals surface area contributed by atoms with E-state index in [0.29, 0.717) is 0 Å². The molecule has 1 aliphatic carbocycles. The van der Waals surface area contributed by atoms with E-state index in [-0.39, 0.29) is 12.5 Å². The highest BCUT2D eigenvalue weighted by Gasteiger charge is 2.14. The maximum absolute atomic E-state index is 8.96. The summed E-state index contributed by atoms with van der Waals surface area (Å²) in [5.41, 5.74) is 2.49. The van der Waals surface area contributed by atoms with E-state index in [0.717, 1.165) is 0 Å². The van der Waals surface area contributed by atoms with Crippen LogP contribution in [0.1, 0.15) is 17.0 Å². The third-order valence-corrected chi connectivity index (χ3v) is 2.10. The van der Waals surface area contributed by atoms with E-state index in [4.69, 9.17) is 5.11 Å². The van der Waals surface area contributed by atoms with Gasteiger partial charge in [0.25, 0.3) is 0 Å². The lowest BCUT2D eigenvalue weighted by Crippen LogP contribution is -1.97. The van der Waals surface area contributed by atoms with Crippen LogP contribution in [-0.2, 0) is 0 Å². The van der Waals surface area contributed by atoms with Gasteiger partial charge in [-0.25, -0.2) is 0 Å². The molecule has 56 valence electrons. The lowest BCUT2D eigenvalue weighted by atomic mass is 10.0. The SMILES string of the molecule is OC[C@@H]1C=Cc2ccccc21. The van der Waals surface area contributed by atoms with Crippen LogP contribution in [0.3, 0.4) is 0 Å². The Bertz CT molecular complexity index is 289. The van der Waals surface area contributed by atoms with Crippen molar-refractivity contribution in [3.05, 3.63) is 41.5 Å². The molecule has 1 N–H and O–H groups in total. The molecule has 0 aromatic heterocycles. The normalized spacial score (nSPS) is 20.3. The van der Waals surface area contributed by atoms with Gasteiger partial charge in [0.1, 0.15) is 0 Å². The lowest BCUT2D eigenvalue weighted by molar-refractivity contribution is 0.284. The van der Waals surface area contributed by atoms with Crippen molar-refractivity contribution < 1.29 is 5.11 Å². The maximum Gasteiger partial charge on any atom is 0.0534 e. The molecule has 2 rings (SSSR count). The second-order valence-electron chi connectivity index (χ2n) is 2.78. The predicted octanol–water partition coefficient (Wildman–Crippen LogP) is 1.79. The minimum Gasteiger partial charge on any atom is -0.395 e. The summed E-state index contributed by atoms with van der Waals surface area (Å²) in [5, 5.41) is 8.96. The van der Waals surface area contributed by atoms with Crippen LogP contribution in [0.25, 0.3) is 6.08 Å². The standard InChI is InChI=1S/C10H10O/c11-7-9-6-5-8-3-1-2-4-10(8)9/h1-6,9,11H,7H2/t9-/m0/s1. The molecule has 1 aromatic rings. The fourth-order valence-corrected chi connectivity index (χ4v) is 1.48. The van der Waals surface area contributed by atoms with Crippen molar-refractivity contribution in [2.45, 2.75) is 5.92 Å². The van der Waals surface area contributed by atoms with Crippen molar-refractivity contribution in [3.63, 3.8) is 0 Å². The molecule has 0 radical (unpaired) electrons. The van der Waals surface area contributed by atoms with Crippen LogP contribution in [0.5, 0.6) is 0 Å². The van der Waals surface area contributed by atoms with Gasteiger partial charge in [0.15, 0.2) is 0 Å². The zero-order chi connectivity index (χ0) is 7.68. The average Bonchev–Trinajstić information content (AvgIpc) is 2.47. The monoisotopic (exact) mass is 146 g/mol. The molecular weight excluding hydrogens is 136 g/mol. The molecule has 0 aliphatic heterocycles. The Kier molecular flexibility index (Phi) is 1.51. The first-order valence-electron chi connectivity index (χ1n) is 3.80. The van der Waals surface area contributed by atoms with Gasteiger partial charge in [-0.05, 0) is 11.1 Å². The molecule has 0 amide bonds. The number of rotatable bonds is 1. The molecular formula is C10H10O. The summed E-state index contributed by atoms with van der Waals surface area (Å²) in [5.74, 6) is 0.228. The molecule has 1 nitrogen and oxygen atoms in total. The molecule has 1 atom stereocenters. The molecule has 0 spiro atoms. The fraction of sp³-hybridized carbons (Fsp3) is 0.200. The molecule has 1 aliphatic rings. The lowest BCUT2D eigenvalue weighted by Gasteiger charge is -2.05. The smallest absolute Gasteiger partial charge is 0.0534 e. The highest BCUT2D eigenvalue weighted by molar-refractivity contribution is 5.62. The zero-order valence-electron chi connectivity index (χ0n) is 6.20. The summed E-state index contributed by atoms with van der Waals surface area (Å²) < 4.78 is 0. The third-order valence-electron chi connectivity index (χ3n) is 2.10. The van der Waals surface area contributed by atoms with Gasteiger partial charge in [0, 0.05) is 5.92 Å². The number of fused-ring (bicyclic) bond motifs is 1. The summed E-state index contributed by atoms with van der Waals surface area (Å²) in [7, 11) is 0. The molecule has 1 heteroatoms. The fourth-order valence-electron chi connectivity index (χ4n) is 1.48. The topological polar surface area (TPSA) is 20.2 Å². The maximum atomic E-state index is 8.96. The average molecular weight is 146 g/mol. The van der Waals surface area contributed by atoms with E-state index in [2.05, 4.69) is 18.2 Å². The van der Waals surface area contributed by atoms with Crippen LogP contribution < -0.4 is 0 Å². The summed E-state index contributed by atoms with van der Waals surface area (Å²) in [6.07, 6.45) is 4.11. The Labute approximate surface area is 66.0 Å². The first-order valence-corrected chi connectivity index (χ1v) is 3.80. The summed E-state index contributed by atoms with van der Waals surface area (Å²) in [6.45, 7) is 0.216. The van der Waals surface area contributed by atoms with Gasteiger partial charge in [-0.2, -0.15) is 0 Å². The zero-order valence-corrected chi connectivity index (χ0v) is 6.20. The van der Waals surface area contributed by atoms with Crippen LogP contribution in [0.2, 0.25) is 0 Å². The number of benzene rings is 1. The first kappa shape index (κ1) is 6.62. The largest absolute Gasteiger partial charge is 0.395 e. The highest BCUT2D eigenvalue weighted by atomic mass is 16.3.